The van der Waals surface area contributed by atoms with Crippen LogP contribution in [0.2, 0.25) is 0 Å². The van der Waals surface area contributed by atoms with Gasteiger partial charge >= 0.3 is 0 Å². The number of benzene rings is 1. The highest BCUT2D eigenvalue weighted by molar-refractivity contribution is 5.85. The van der Waals surface area contributed by atoms with Gasteiger partial charge in [0.25, 0.3) is 0 Å². The molecule has 0 aromatic heterocycles. The highest BCUT2D eigenvalue weighted by Crippen LogP contribution is 2.35. The minimum Gasteiger partial charge on any atom is -0.491 e. The van der Waals surface area contributed by atoms with Crippen LogP contribution in [-0.4, -0.2) is 42.6 Å². The zero-order chi connectivity index (χ0) is 15.5. The van der Waals surface area contributed by atoms with Crippen molar-refractivity contribution in [1.29, 1.82) is 0 Å². The Morgan fingerprint density at radius 2 is 2.14 bits per heavy atom. The minimum atomic E-state index is -0.974. The first kappa shape index (κ1) is 18.3. The van der Waals surface area contributed by atoms with Crippen LogP contribution in [0.1, 0.15) is 13.8 Å². The second kappa shape index (κ2) is 7.53. The number of amides is 1. The Hall–Kier alpha value is -1.70. The maximum Gasteiger partial charge on any atom is 0.239 e. The van der Waals surface area contributed by atoms with Gasteiger partial charge in [0.1, 0.15) is 18.5 Å². The second-order valence-electron chi connectivity index (χ2n) is 5.41. The number of hydrogen-bond donors (Lipinski definition) is 3. The molecule has 0 spiro atoms. The van der Waals surface area contributed by atoms with Gasteiger partial charge in [0.2, 0.25) is 12.7 Å². The van der Waals surface area contributed by atoms with Gasteiger partial charge in [0, 0.05) is 12.6 Å². The molecule has 0 radical (unpaired) electrons. The molecule has 1 unspecified atom stereocenters. The third kappa shape index (κ3) is 4.94. The number of carbonyl (C=O) groups is 1. The van der Waals surface area contributed by atoms with Crippen molar-refractivity contribution in [1.82, 2.24) is 5.32 Å². The lowest BCUT2D eigenvalue weighted by Crippen LogP contribution is -2.51. The maximum absolute atomic E-state index is 11.6. The number of hydrogen-bond acceptors (Lipinski definition) is 6. The summed E-state index contributed by atoms with van der Waals surface area (Å²) < 4.78 is 15.9. The van der Waals surface area contributed by atoms with Gasteiger partial charge in [0.05, 0.1) is 5.54 Å². The van der Waals surface area contributed by atoms with Gasteiger partial charge in [0.15, 0.2) is 11.5 Å². The van der Waals surface area contributed by atoms with Crippen LogP contribution in [0.25, 0.3) is 0 Å². The summed E-state index contributed by atoms with van der Waals surface area (Å²) in [7, 11) is 0. The number of aliphatic hydroxyl groups is 1. The molecule has 1 atom stereocenters. The molecule has 0 aliphatic carbocycles. The smallest absolute Gasteiger partial charge is 0.239 e. The molecular formula is C14H21ClN2O5. The van der Waals surface area contributed by atoms with Crippen LogP contribution in [-0.2, 0) is 4.79 Å². The fraction of sp³-hybridized carbons (Fsp3) is 0.500. The molecule has 7 nitrogen and oxygen atoms in total. The highest BCUT2D eigenvalue weighted by atomic mass is 35.5. The molecule has 0 saturated carbocycles. The van der Waals surface area contributed by atoms with Gasteiger partial charge in [-0.3, -0.25) is 4.79 Å². The quantitative estimate of drug-likeness (QED) is 0.698. The van der Waals surface area contributed by atoms with E-state index in [-0.39, 0.29) is 38.3 Å². The standard InChI is InChI=1S/C14H20N2O5.ClH/c1-14(2,15)13(18)16-6-9(17)7-19-10-3-4-11-12(5-10)21-8-20-11;/h3-5,9,17H,6-8,15H2,1-2H3,(H,16,18);1H. The Labute approximate surface area is 135 Å². The molecule has 1 aromatic rings. The number of rotatable bonds is 6. The topological polar surface area (TPSA) is 103 Å². The van der Waals surface area contributed by atoms with Gasteiger partial charge in [-0.15, -0.1) is 12.4 Å². The number of nitrogens with one attached hydrogen (secondary N) is 1. The van der Waals surface area contributed by atoms with E-state index in [4.69, 9.17) is 19.9 Å². The zero-order valence-corrected chi connectivity index (χ0v) is 13.3. The van der Waals surface area contributed by atoms with E-state index in [0.717, 1.165) is 0 Å². The van der Waals surface area contributed by atoms with Crippen LogP contribution < -0.4 is 25.3 Å². The number of nitrogens with two attached hydrogens (primary N) is 1. The zero-order valence-electron chi connectivity index (χ0n) is 12.5. The van der Waals surface area contributed by atoms with Crippen LogP contribution >= 0.6 is 12.4 Å². The number of ether oxygens (including phenoxy) is 3. The van der Waals surface area contributed by atoms with Gasteiger partial charge in [-0.1, -0.05) is 0 Å². The Morgan fingerprint density at radius 1 is 1.45 bits per heavy atom. The van der Waals surface area contributed by atoms with Crippen molar-refractivity contribution < 1.29 is 24.1 Å². The Kier molecular flexibility index (Phi) is 6.28. The lowest BCUT2D eigenvalue weighted by molar-refractivity contribution is -0.125. The van der Waals surface area contributed by atoms with E-state index in [0.29, 0.717) is 17.2 Å². The van der Waals surface area contributed by atoms with Crippen LogP contribution in [0.5, 0.6) is 17.2 Å². The van der Waals surface area contributed by atoms with E-state index in [1.54, 1.807) is 32.0 Å². The lowest BCUT2D eigenvalue weighted by Gasteiger charge is -2.19. The Morgan fingerprint density at radius 3 is 2.82 bits per heavy atom. The highest BCUT2D eigenvalue weighted by Gasteiger charge is 2.22. The summed E-state index contributed by atoms with van der Waals surface area (Å²) in [5.41, 5.74) is 4.66. The average Bonchev–Trinajstić information content (AvgIpc) is 2.88. The summed E-state index contributed by atoms with van der Waals surface area (Å²) in [6, 6.07) is 5.15. The van der Waals surface area contributed by atoms with Crippen molar-refractivity contribution in [2.45, 2.75) is 25.5 Å². The molecule has 0 bridgehead atoms. The van der Waals surface area contributed by atoms with Crippen molar-refractivity contribution in [3.05, 3.63) is 18.2 Å². The molecule has 22 heavy (non-hydrogen) atoms. The van der Waals surface area contributed by atoms with E-state index in [2.05, 4.69) is 5.32 Å². The van der Waals surface area contributed by atoms with E-state index >= 15 is 0 Å². The monoisotopic (exact) mass is 332 g/mol. The molecule has 1 aromatic carbocycles. The number of halogens is 1. The van der Waals surface area contributed by atoms with E-state index in [1.807, 2.05) is 0 Å². The van der Waals surface area contributed by atoms with E-state index < -0.39 is 11.6 Å². The summed E-state index contributed by atoms with van der Waals surface area (Å²) in [5, 5.41) is 12.3. The SMILES string of the molecule is CC(C)(N)C(=O)NCC(O)COc1ccc2c(c1)OCO2.Cl. The lowest BCUT2D eigenvalue weighted by atomic mass is 10.1. The van der Waals surface area contributed by atoms with Crippen molar-refractivity contribution in [2.24, 2.45) is 5.73 Å². The second-order valence-corrected chi connectivity index (χ2v) is 5.41. The van der Waals surface area contributed by atoms with Gasteiger partial charge in [-0.25, -0.2) is 0 Å². The van der Waals surface area contributed by atoms with Crippen molar-refractivity contribution in [3.63, 3.8) is 0 Å². The molecule has 0 fully saturated rings. The molecular weight excluding hydrogens is 312 g/mol. The summed E-state index contributed by atoms with van der Waals surface area (Å²) in [6.45, 7) is 3.51. The van der Waals surface area contributed by atoms with Crippen LogP contribution in [0.3, 0.4) is 0 Å². The fourth-order valence-electron chi connectivity index (χ4n) is 1.66. The summed E-state index contributed by atoms with van der Waals surface area (Å²) in [6.07, 6.45) is -0.832. The summed E-state index contributed by atoms with van der Waals surface area (Å²) >= 11 is 0. The predicted molar refractivity (Wildman–Crippen MR) is 82.6 cm³/mol. The van der Waals surface area contributed by atoms with E-state index in [9.17, 15) is 9.90 Å². The summed E-state index contributed by atoms with van der Waals surface area (Å²) in [4.78, 5) is 11.6. The average molecular weight is 333 g/mol. The minimum absolute atomic E-state index is 0. The molecule has 124 valence electrons. The summed E-state index contributed by atoms with van der Waals surface area (Å²) in [5.74, 6) is 1.51. The molecule has 4 N–H and O–H groups in total. The van der Waals surface area contributed by atoms with Gasteiger partial charge in [-0.05, 0) is 26.0 Å². The molecule has 8 heteroatoms. The van der Waals surface area contributed by atoms with Crippen LogP contribution in [0.4, 0.5) is 0 Å². The first-order valence-corrected chi connectivity index (χ1v) is 6.64. The van der Waals surface area contributed by atoms with Crippen molar-refractivity contribution in [3.8, 4) is 17.2 Å². The van der Waals surface area contributed by atoms with Crippen LogP contribution in [0, 0.1) is 0 Å². The molecule has 1 heterocycles. The maximum atomic E-state index is 11.6. The Balaban J connectivity index is 0.00000242. The van der Waals surface area contributed by atoms with Crippen molar-refractivity contribution >= 4 is 18.3 Å². The van der Waals surface area contributed by atoms with Gasteiger partial charge < -0.3 is 30.4 Å². The number of carbonyl (C=O) groups excluding carboxylic acids is 1. The number of aliphatic hydroxyl groups excluding tert-OH is 1. The first-order valence-electron chi connectivity index (χ1n) is 6.64. The van der Waals surface area contributed by atoms with E-state index in [1.165, 1.54) is 0 Å². The molecule has 1 amide bonds. The third-order valence-electron chi connectivity index (χ3n) is 2.87. The Bertz CT molecular complexity index is 518. The predicted octanol–water partition coefficient (Wildman–Crippen LogP) is 0.430. The fourth-order valence-corrected chi connectivity index (χ4v) is 1.66. The third-order valence-corrected chi connectivity index (χ3v) is 2.87. The molecule has 2 rings (SSSR count). The molecule has 1 aliphatic rings. The molecule has 1 aliphatic heterocycles. The van der Waals surface area contributed by atoms with Gasteiger partial charge in [-0.2, -0.15) is 0 Å². The number of fused-ring (bicyclic) bond motifs is 1. The molecule has 0 saturated heterocycles. The van der Waals surface area contributed by atoms with Crippen LogP contribution in [0.15, 0.2) is 18.2 Å². The first-order chi connectivity index (χ1) is 9.86. The normalized spacial score (nSPS) is 14.0. The van der Waals surface area contributed by atoms with Crippen molar-refractivity contribution in [2.75, 3.05) is 19.9 Å². The largest absolute Gasteiger partial charge is 0.491 e.